The first-order chi connectivity index (χ1) is 13.8. The number of aliphatic hydroxyl groups is 1. The van der Waals surface area contributed by atoms with Gasteiger partial charge >= 0.3 is 24.4 Å². The lowest BCUT2D eigenvalue weighted by molar-refractivity contribution is -0.146. The van der Waals surface area contributed by atoms with Gasteiger partial charge in [0.25, 0.3) is 0 Å². The fraction of sp³-hybridized carbons (Fsp3) is 0.800. The van der Waals surface area contributed by atoms with Crippen molar-refractivity contribution in [2.75, 3.05) is 13.2 Å². The Hall–Kier alpha value is -2.56. The largest absolute Gasteiger partial charge is 0.519 e. The normalized spacial score (nSPS) is 12.4. The molecule has 0 saturated carbocycles. The van der Waals surface area contributed by atoms with E-state index in [1.54, 1.807) is 69.2 Å². The van der Waals surface area contributed by atoms with Crippen molar-refractivity contribution in [3.8, 4) is 0 Å². The third kappa shape index (κ3) is 20.5. The number of nitrogens with one attached hydrogen (secondary N) is 1. The molecule has 31 heavy (non-hydrogen) atoms. The first-order valence-electron chi connectivity index (χ1n) is 9.70. The summed E-state index contributed by atoms with van der Waals surface area (Å²) in [6.07, 6.45) is -2.88. The minimum atomic E-state index is -1.09. The Balaban J connectivity index is 0. The number of carbonyl (C=O) groups excluding carboxylic acids is 4. The molecule has 0 bridgehead atoms. The first kappa shape index (κ1) is 30.6. The Morgan fingerprint density at radius 1 is 0.774 bits per heavy atom. The monoisotopic (exact) mass is 451 g/mol. The molecule has 0 saturated heterocycles. The molecule has 0 aromatic rings. The van der Waals surface area contributed by atoms with Gasteiger partial charge in [0, 0.05) is 0 Å². The fourth-order valence-corrected chi connectivity index (χ4v) is 1.48. The Morgan fingerprint density at radius 3 is 1.45 bits per heavy atom. The highest BCUT2D eigenvalue weighted by Gasteiger charge is 2.25. The van der Waals surface area contributed by atoms with Gasteiger partial charge < -0.3 is 34.1 Å². The van der Waals surface area contributed by atoms with E-state index in [4.69, 9.17) is 19.3 Å². The summed E-state index contributed by atoms with van der Waals surface area (Å²) in [5.41, 5.74) is -2.04. The molecule has 0 radical (unpaired) electrons. The van der Waals surface area contributed by atoms with Crippen molar-refractivity contribution in [1.29, 1.82) is 0 Å². The number of esters is 1. The van der Waals surface area contributed by atoms with Gasteiger partial charge in [-0.3, -0.25) is 0 Å². The maximum Gasteiger partial charge on any atom is 0.519 e. The molecule has 0 aliphatic rings. The number of ether oxygens (including phenoxy) is 5. The second-order valence-electron chi connectivity index (χ2n) is 9.16. The standard InChI is InChI=1S/C10H19NO5.C10H18O5/c1-5-15-8(13)7(6-12)11-9(14)16-10(2,3)4;1-9(2,3)14-7(11)13-8(12)15-10(4,5)6/h7,12H,5-6H2,1-4H3,(H,11,14);1-6H3/t7-;/m0./s1. The van der Waals surface area contributed by atoms with Crippen LogP contribution in [0.5, 0.6) is 0 Å². The van der Waals surface area contributed by atoms with Crippen LogP contribution in [0.25, 0.3) is 0 Å². The minimum Gasteiger partial charge on any atom is -0.464 e. The smallest absolute Gasteiger partial charge is 0.464 e. The van der Waals surface area contributed by atoms with E-state index in [2.05, 4.69) is 14.8 Å². The summed E-state index contributed by atoms with van der Waals surface area (Å²) in [7, 11) is 0. The average molecular weight is 452 g/mol. The number of carbonyl (C=O) groups is 4. The highest BCUT2D eigenvalue weighted by Crippen LogP contribution is 2.11. The third-order valence-corrected chi connectivity index (χ3v) is 2.39. The van der Waals surface area contributed by atoms with E-state index >= 15 is 0 Å². The van der Waals surface area contributed by atoms with E-state index < -0.39 is 53.8 Å². The number of amides is 1. The van der Waals surface area contributed by atoms with Crippen molar-refractivity contribution in [2.45, 2.75) is 92.1 Å². The first-order valence-corrected chi connectivity index (χ1v) is 9.70. The minimum absolute atomic E-state index is 0.186. The van der Waals surface area contributed by atoms with Gasteiger partial charge in [-0.2, -0.15) is 0 Å². The molecule has 11 heteroatoms. The second kappa shape index (κ2) is 13.0. The maximum absolute atomic E-state index is 11.3. The molecular formula is C20H37NO10. The van der Waals surface area contributed by atoms with E-state index in [-0.39, 0.29) is 6.61 Å². The number of alkyl carbamates (subject to hydrolysis) is 1. The average Bonchev–Trinajstić information content (AvgIpc) is 2.47. The van der Waals surface area contributed by atoms with Crippen LogP contribution in [0.2, 0.25) is 0 Å². The molecule has 0 fully saturated rings. The molecule has 0 aromatic carbocycles. The van der Waals surface area contributed by atoms with Crippen molar-refractivity contribution >= 4 is 24.4 Å². The van der Waals surface area contributed by atoms with Crippen LogP contribution in [0.1, 0.15) is 69.2 Å². The topological polar surface area (TPSA) is 147 Å². The van der Waals surface area contributed by atoms with Gasteiger partial charge in [0.2, 0.25) is 0 Å². The van der Waals surface area contributed by atoms with Crippen molar-refractivity contribution in [3.63, 3.8) is 0 Å². The zero-order chi connectivity index (χ0) is 25.0. The third-order valence-electron chi connectivity index (χ3n) is 2.39. The van der Waals surface area contributed by atoms with Gasteiger partial charge in [-0.25, -0.2) is 19.2 Å². The Bertz CT molecular complexity index is 571. The highest BCUT2D eigenvalue weighted by molar-refractivity contribution is 5.81. The molecule has 0 rings (SSSR count). The molecule has 0 spiro atoms. The van der Waals surface area contributed by atoms with E-state index in [1.807, 2.05) is 0 Å². The Labute approximate surface area is 183 Å². The van der Waals surface area contributed by atoms with Crippen molar-refractivity contribution in [2.24, 2.45) is 0 Å². The number of hydrogen-bond acceptors (Lipinski definition) is 10. The van der Waals surface area contributed by atoms with Gasteiger partial charge in [-0.1, -0.05) is 0 Å². The van der Waals surface area contributed by atoms with Crippen LogP contribution in [0.4, 0.5) is 14.4 Å². The molecular weight excluding hydrogens is 414 g/mol. The van der Waals surface area contributed by atoms with Crippen LogP contribution >= 0.6 is 0 Å². The van der Waals surface area contributed by atoms with E-state index in [9.17, 15) is 19.2 Å². The summed E-state index contributed by atoms with van der Waals surface area (Å²) in [6, 6.07) is -1.09. The van der Waals surface area contributed by atoms with Crippen LogP contribution in [0, 0.1) is 0 Å². The summed E-state index contributed by atoms with van der Waals surface area (Å²) in [4.78, 5) is 44.5. The molecule has 11 nitrogen and oxygen atoms in total. The molecule has 0 aliphatic carbocycles. The van der Waals surface area contributed by atoms with Crippen molar-refractivity contribution < 1.29 is 48.0 Å². The summed E-state index contributed by atoms with van der Waals surface area (Å²) in [5.74, 6) is -0.684. The molecule has 2 N–H and O–H groups in total. The van der Waals surface area contributed by atoms with Gasteiger partial charge in [0.05, 0.1) is 13.2 Å². The second-order valence-corrected chi connectivity index (χ2v) is 9.16. The maximum atomic E-state index is 11.3. The molecule has 1 amide bonds. The zero-order valence-electron chi connectivity index (χ0n) is 20.1. The van der Waals surface area contributed by atoms with Crippen LogP contribution in [-0.4, -0.2) is 65.5 Å². The summed E-state index contributed by atoms with van der Waals surface area (Å²) < 4.78 is 23.4. The van der Waals surface area contributed by atoms with Crippen LogP contribution in [0.15, 0.2) is 0 Å². The van der Waals surface area contributed by atoms with Gasteiger partial charge in [-0.15, -0.1) is 0 Å². The Morgan fingerprint density at radius 2 is 1.16 bits per heavy atom. The number of hydrogen-bond donors (Lipinski definition) is 2. The van der Waals surface area contributed by atoms with Crippen LogP contribution < -0.4 is 5.32 Å². The number of aliphatic hydroxyl groups excluding tert-OH is 1. The number of rotatable bonds is 4. The lowest BCUT2D eigenvalue weighted by Crippen LogP contribution is -2.46. The predicted octanol–water partition coefficient (Wildman–Crippen LogP) is 3.31. The summed E-state index contributed by atoms with van der Waals surface area (Å²) in [6.45, 7) is 16.4. The van der Waals surface area contributed by atoms with Crippen molar-refractivity contribution in [1.82, 2.24) is 5.32 Å². The molecule has 1 atom stereocenters. The molecule has 182 valence electrons. The summed E-state index contributed by atoms with van der Waals surface area (Å²) >= 11 is 0. The fourth-order valence-electron chi connectivity index (χ4n) is 1.48. The molecule has 0 aliphatic heterocycles. The highest BCUT2D eigenvalue weighted by atomic mass is 16.8. The molecule has 0 heterocycles. The quantitative estimate of drug-likeness (QED) is 0.370. The van der Waals surface area contributed by atoms with Gasteiger partial charge in [0.15, 0.2) is 6.04 Å². The molecule has 0 unspecified atom stereocenters. The predicted molar refractivity (Wildman–Crippen MR) is 110 cm³/mol. The molecule has 0 aromatic heterocycles. The zero-order valence-corrected chi connectivity index (χ0v) is 20.1. The van der Waals surface area contributed by atoms with Gasteiger partial charge in [0.1, 0.15) is 16.8 Å². The van der Waals surface area contributed by atoms with Gasteiger partial charge in [-0.05, 0) is 69.2 Å². The summed E-state index contributed by atoms with van der Waals surface area (Å²) in [5, 5.41) is 11.1. The van der Waals surface area contributed by atoms with E-state index in [1.165, 1.54) is 0 Å². The van der Waals surface area contributed by atoms with Crippen LogP contribution in [0.3, 0.4) is 0 Å². The lowest BCUT2D eigenvalue weighted by Gasteiger charge is -2.21. The van der Waals surface area contributed by atoms with Crippen LogP contribution in [-0.2, 0) is 28.5 Å². The lowest BCUT2D eigenvalue weighted by atomic mass is 10.2. The Kier molecular flexibility index (Phi) is 12.8. The SMILES string of the molecule is CC(C)(C)OC(=O)OC(=O)OC(C)(C)C.CCOC(=O)[C@H](CO)NC(=O)OC(C)(C)C. The van der Waals surface area contributed by atoms with E-state index in [0.29, 0.717) is 0 Å². The van der Waals surface area contributed by atoms with Crippen molar-refractivity contribution in [3.05, 3.63) is 0 Å². The van der Waals surface area contributed by atoms with E-state index in [0.717, 1.165) is 0 Å².